The summed E-state index contributed by atoms with van der Waals surface area (Å²) in [6.45, 7) is 0. The first kappa shape index (κ1) is 10.5. The summed E-state index contributed by atoms with van der Waals surface area (Å²) in [5.74, 6) is -0.500. The Balaban J connectivity index is 2.46. The highest BCUT2D eigenvalue weighted by molar-refractivity contribution is 5.29. The number of alkyl halides is 2. The number of rotatable bonds is 2. The molecule has 0 bridgehead atoms. The topological polar surface area (TPSA) is 0 Å². The van der Waals surface area contributed by atoms with Gasteiger partial charge in [-0.15, -0.1) is 0 Å². The van der Waals surface area contributed by atoms with Crippen LogP contribution in [0.3, 0.4) is 0 Å². The van der Waals surface area contributed by atoms with E-state index in [1.165, 1.54) is 18.2 Å². The summed E-state index contributed by atoms with van der Waals surface area (Å²) in [6.07, 6.45) is -0.161. The highest BCUT2D eigenvalue weighted by Gasteiger charge is 2.45. The number of hydrogen-bond acceptors (Lipinski definition) is 0. The van der Waals surface area contributed by atoms with E-state index in [0.29, 0.717) is 12.8 Å². The summed E-state index contributed by atoms with van der Waals surface area (Å²) in [6, 6.07) is 5.92. The largest absolute Gasteiger partial charge is 0.248 e. The van der Waals surface area contributed by atoms with Crippen molar-refractivity contribution in [2.24, 2.45) is 0 Å². The van der Waals surface area contributed by atoms with Gasteiger partial charge in [-0.25, -0.2) is 13.2 Å². The van der Waals surface area contributed by atoms with Crippen molar-refractivity contribution >= 4 is 0 Å². The van der Waals surface area contributed by atoms with E-state index in [4.69, 9.17) is 0 Å². The van der Waals surface area contributed by atoms with Crippen molar-refractivity contribution in [2.45, 2.75) is 37.5 Å². The fraction of sp³-hybridized carbons (Fsp3) is 0.500. The minimum Gasteiger partial charge on any atom is -0.210 e. The van der Waals surface area contributed by atoms with E-state index >= 15 is 0 Å². The maximum absolute atomic E-state index is 13.5. The van der Waals surface area contributed by atoms with E-state index < -0.39 is 17.7 Å². The predicted molar refractivity (Wildman–Crippen MR) is 52.6 cm³/mol. The summed E-state index contributed by atoms with van der Waals surface area (Å²) >= 11 is 0. The maximum Gasteiger partial charge on any atom is 0.248 e. The Morgan fingerprint density at radius 1 is 1.07 bits per heavy atom. The second kappa shape index (κ2) is 3.87. The van der Waals surface area contributed by atoms with Crippen molar-refractivity contribution in [3.63, 3.8) is 0 Å². The van der Waals surface area contributed by atoms with Gasteiger partial charge in [0.05, 0.1) is 5.41 Å². The van der Waals surface area contributed by atoms with Gasteiger partial charge in [-0.3, -0.25) is 0 Å². The van der Waals surface area contributed by atoms with Crippen LogP contribution >= 0.6 is 0 Å². The Morgan fingerprint density at radius 2 is 1.67 bits per heavy atom. The lowest BCUT2D eigenvalue weighted by Gasteiger charge is -2.28. The molecule has 15 heavy (non-hydrogen) atoms. The van der Waals surface area contributed by atoms with Gasteiger partial charge in [0.1, 0.15) is 5.82 Å². The van der Waals surface area contributed by atoms with E-state index in [0.717, 1.165) is 12.8 Å². The molecule has 2 rings (SSSR count). The van der Waals surface area contributed by atoms with Crippen LogP contribution in [0.25, 0.3) is 0 Å². The zero-order chi connectivity index (χ0) is 10.9. The summed E-state index contributed by atoms with van der Waals surface area (Å²) < 4.78 is 39.7. The fourth-order valence-corrected chi connectivity index (χ4v) is 2.48. The molecule has 0 aromatic heterocycles. The lowest BCUT2D eigenvalue weighted by molar-refractivity contribution is 0.0501. The first-order valence-electron chi connectivity index (χ1n) is 5.20. The number of halogens is 3. The molecule has 1 aliphatic carbocycles. The van der Waals surface area contributed by atoms with Gasteiger partial charge in [0.25, 0.3) is 0 Å². The van der Waals surface area contributed by atoms with Crippen LogP contribution in [0, 0.1) is 5.82 Å². The Hall–Kier alpha value is -0.990. The molecule has 0 aliphatic heterocycles. The molecule has 3 heteroatoms. The molecular formula is C12H13F3. The lowest BCUT2D eigenvalue weighted by Crippen LogP contribution is -2.32. The van der Waals surface area contributed by atoms with Gasteiger partial charge in [0.15, 0.2) is 0 Å². The zero-order valence-corrected chi connectivity index (χ0v) is 8.35. The third kappa shape index (κ3) is 1.64. The molecule has 0 saturated heterocycles. The van der Waals surface area contributed by atoms with Crippen molar-refractivity contribution in [3.05, 3.63) is 35.6 Å². The minimum absolute atomic E-state index is 0.192. The molecular weight excluding hydrogens is 201 g/mol. The van der Waals surface area contributed by atoms with Gasteiger partial charge in [0.2, 0.25) is 6.43 Å². The third-order valence-corrected chi connectivity index (χ3v) is 3.32. The molecule has 0 N–H and O–H groups in total. The standard InChI is InChI=1S/C12H13F3/c13-10-6-2-1-5-9(10)12(11(14)15)7-3-4-8-12/h1-2,5-6,11H,3-4,7-8H2. The second-order valence-corrected chi connectivity index (χ2v) is 4.14. The van der Waals surface area contributed by atoms with Crippen molar-refractivity contribution in [2.75, 3.05) is 0 Å². The van der Waals surface area contributed by atoms with Crippen LogP contribution in [0.2, 0.25) is 0 Å². The Labute approximate surface area is 87.1 Å². The monoisotopic (exact) mass is 214 g/mol. The molecule has 82 valence electrons. The molecule has 0 unspecified atom stereocenters. The molecule has 0 atom stereocenters. The molecule has 1 aromatic carbocycles. The Kier molecular flexibility index (Phi) is 2.72. The predicted octanol–water partition coefficient (Wildman–Crippen LogP) is 3.90. The number of benzene rings is 1. The normalized spacial score (nSPS) is 19.7. The van der Waals surface area contributed by atoms with E-state index in [1.54, 1.807) is 6.07 Å². The summed E-state index contributed by atoms with van der Waals surface area (Å²) in [4.78, 5) is 0. The first-order valence-corrected chi connectivity index (χ1v) is 5.20. The quantitative estimate of drug-likeness (QED) is 0.700. The summed E-state index contributed by atoms with van der Waals surface area (Å²) in [5, 5.41) is 0. The van der Waals surface area contributed by atoms with Crippen LogP contribution < -0.4 is 0 Å². The van der Waals surface area contributed by atoms with Gasteiger partial charge in [-0.1, -0.05) is 31.0 Å². The highest BCUT2D eigenvalue weighted by atomic mass is 19.3. The molecule has 1 aromatic rings. The van der Waals surface area contributed by atoms with Gasteiger partial charge < -0.3 is 0 Å². The van der Waals surface area contributed by atoms with Crippen LogP contribution in [0.4, 0.5) is 13.2 Å². The lowest BCUT2D eigenvalue weighted by atomic mass is 9.79. The first-order chi connectivity index (χ1) is 7.17. The van der Waals surface area contributed by atoms with Gasteiger partial charge in [-0.05, 0) is 24.5 Å². The van der Waals surface area contributed by atoms with Gasteiger partial charge in [-0.2, -0.15) is 0 Å². The molecule has 1 aliphatic rings. The molecule has 0 nitrogen and oxygen atoms in total. The fourth-order valence-electron chi connectivity index (χ4n) is 2.48. The molecule has 0 radical (unpaired) electrons. The van der Waals surface area contributed by atoms with Crippen LogP contribution in [0.1, 0.15) is 31.2 Å². The second-order valence-electron chi connectivity index (χ2n) is 4.14. The average molecular weight is 214 g/mol. The highest BCUT2D eigenvalue weighted by Crippen LogP contribution is 2.46. The molecule has 0 spiro atoms. The van der Waals surface area contributed by atoms with Crippen molar-refractivity contribution in [1.82, 2.24) is 0 Å². The molecule has 0 amide bonds. The van der Waals surface area contributed by atoms with Crippen LogP contribution in [-0.2, 0) is 5.41 Å². The van der Waals surface area contributed by atoms with Crippen LogP contribution in [0.15, 0.2) is 24.3 Å². The van der Waals surface area contributed by atoms with Crippen molar-refractivity contribution in [3.8, 4) is 0 Å². The smallest absolute Gasteiger partial charge is 0.210 e. The Bertz CT molecular complexity index is 340. The minimum atomic E-state index is -2.48. The van der Waals surface area contributed by atoms with E-state index in [9.17, 15) is 13.2 Å². The van der Waals surface area contributed by atoms with Crippen molar-refractivity contribution < 1.29 is 13.2 Å². The summed E-state index contributed by atoms with van der Waals surface area (Å²) in [7, 11) is 0. The van der Waals surface area contributed by atoms with Gasteiger partial charge >= 0.3 is 0 Å². The van der Waals surface area contributed by atoms with E-state index in [1.807, 2.05) is 0 Å². The summed E-state index contributed by atoms with van der Waals surface area (Å²) in [5.41, 5.74) is -1.04. The van der Waals surface area contributed by atoms with Crippen LogP contribution in [-0.4, -0.2) is 6.43 Å². The zero-order valence-electron chi connectivity index (χ0n) is 8.35. The van der Waals surface area contributed by atoms with E-state index in [2.05, 4.69) is 0 Å². The molecule has 0 heterocycles. The van der Waals surface area contributed by atoms with Crippen molar-refractivity contribution in [1.29, 1.82) is 0 Å². The third-order valence-electron chi connectivity index (χ3n) is 3.32. The van der Waals surface area contributed by atoms with Gasteiger partial charge in [0, 0.05) is 0 Å². The number of hydrogen-bond donors (Lipinski definition) is 0. The molecule has 1 fully saturated rings. The maximum atomic E-state index is 13.5. The van der Waals surface area contributed by atoms with E-state index in [-0.39, 0.29) is 5.56 Å². The Morgan fingerprint density at radius 3 is 2.20 bits per heavy atom. The molecule has 1 saturated carbocycles. The van der Waals surface area contributed by atoms with Crippen LogP contribution in [0.5, 0.6) is 0 Å². The average Bonchev–Trinajstić information content (AvgIpc) is 2.68. The SMILES string of the molecule is Fc1ccccc1C1(C(F)F)CCCC1.